The van der Waals surface area contributed by atoms with E-state index in [4.69, 9.17) is 0 Å². The number of pyridine rings is 1. The van der Waals surface area contributed by atoms with Crippen LogP contribution in [0.3, 0.4) is 0 Å². The molecule has 0 bridgehead atoms. The second-order valence-corrected chi connectivity index (χ2v) is 7.38. The molecule has 0 aliphatic rings. The van der Waals surface area contributed by atoms with Gasteiger partial charge in [0.25, 0.3) is 17.5 Å². The van der Waals surface area contributed by atoms with Crippen molar-refractivity contribution in [3.8, 4) is 0 Å². The van der Waals surface area contributed by atoms with Gasteiger partial charge in [0.2, 0.25) is 0 Å². The van der Waals surface area contributed by atoms with Crippen molar-refractivity contribution in [3.05, 3.63) is 93.3 Å². The normalized spacial score (nSPS) is 10.3. The number of benzene rings is 2. The molecule has 3 rings (SSSR count). The number of nitrogens with one attached hydrogen (secondary N) is 2. The molecule has 0 aliphatic heterocycles. The number of hydrogen-bond donors (Lipinski definition) is 2. The SMILES string of the molecule is Cc1ccc(C(=O)Nc2ccc(N(C)C)c(C(=O)NCc3cccnc3)c2)cc1[N+](=O)[O-]. The maximum atomic E-state index is 12.9. The Hall–Kier alpha value is -4.27. The van der Waals surface area contributed by atoms with Gasteiger partial charge in [-0.3, -0.25) is 24.7 Å². The van der Waals surface area contributed by atoms with Crippen molar-refractivity contribution in [2.24, 2.45) is 0 Å². The molecule has 9 nitrogen and oxygen atoms in total. The van der Waals surface area contributed by atoms with Gasteiger partial charge in [-0.1, -0.05) is 12.1 Å². The van der Waals surface area contributed by atoms with E-state index in [0.717, 1.165) is 5.56 Å². The third-order valence-corrected chi connectivity index (χ3v) is 4.82. The monoisotopic (exact) mass is 433 g/mol. The predicted octanol–water partition coefficient (Wildman–Crippen LogP) is 3.55. The smallest absolute Gasteiger partial charge is 0.273 e. The molecular formula is C23H23N5O4. The van der Waals surface area contributed by atoms with Crippen molar-refractivity contribution in [2.45, 2.75) is 13.5 Å². The number of anilines is 2. The molecule has 3 aromatic rings. The molecule has 0 spiro atoms. The quantitative estimate of drug-likeness (QED) is 0.435. The van der Waals surface area contributed by atoms with E-state index in [1.165, 1.54) is 18.2 Å². The minimum absolute atomic E-state index is 0.129. The predicted molar refractivity (Wildman–Crippen MR) is 122 cm³/mol. The van der Waals surface area contributed by atoms with E-state index < -0.39 is 10.8 Å². The van der Waals surface area contributed by atoms with Gasteiger partial charge in [0.1, 0.15) is 0 Å². The minimum Gasteiger partial charge on any atom is -0.377 e. The zero-order valence-electron chi connectivity index (χ0n) is 18.0. The first kappa shape index (κ1) is 22.4. The molecule has 2 N–H and O–H groups in total. The van der Waals surface area contributed by atoms with Crippen LogP contribution in [0.15, 0.2) is 60.9 Å². The minimum atomic E-state index is -0.525. The van der Waals surface area contributed by atoms with Gasteiger partial charge >= 0.3 is 0 Å². The summed E-state index contributed by atoms with van der Waals surface area (Å²) in [5, 5.41) is 16.7. The standard InChI is InChI=1S/C23H23N5O4/c1-15-6-7-17(11-21(15)28(31)32)22(29)26-18-8-9-20(27(2)3)19(12-18)23(30)25-14-16-5-4-10-24-13-16/h4-13H,14H2,1-3H3,(H,25,30)(H,26,29). The molecule has 32 heavy (non-hydrogen) atoms. The summed E-state index contributed by atoms with van der Waals surface area (Å²) in [5.41, 5.74) is 2.81. The van der Waals surface area contributed by atoms with Crippen LogP contribution < -0.4 is 15.5 Å². The number of nitrogens with zero attached hydrogens (tertiary/aromatic N) is 3. The van der Waals surface area contributed by atoms with Gasteiger partial charge in [0, 0.05) is 61.6 Å². The second kappa shape index (κ2) is 9.69. The lowest BCUT2D eigenvalue weighted by atomic mass is 10.1. The van der Waals surface area contributed by atoms with Crippen molar-refractivity contribution in [1.82, 2.24) is 10.3 Å². The fourth-order valence-corrected chi connectivity index (χ4v) is 3.12. The topological polar surface area (TPSA) is 117 Å². The fraction of sp³-hybridized carbons (Fsp3) is 0.174. The van der Waals surface area contributed by atoms with Gasteiger partial charge in [0.05, 0.1) is 10.5 Å². The summed E-state index contributed by atoms with van der Waals surface area (Å²) in [6.07, 6.45) is 3.33. The molecule has 0 aliphatic carbocycles. The number of aromatic nitrogens is 1. The van der Waals surface area contributed by atoms with Gasteiger partial charge < -0.3 is 15.5 Å². The zero-order chi connectivity index (χ0) is 23.3. The Morgan fingerprint density at radius 3 is 2.53 bits per heavy atom. The average molecular weight is 433 g/mol. The Balaban J connectivity index is 1.82. The van der Waals surface area contributed by atoms with Crippen LogP contribution in [0.25, 0.3) is 0 Å². The summed E-state index contributed by atoms with van der Waals surface area (Å²) in [7, 11) is 3.63. The number of carbonyl (C=O) groups excluding carboxylic acids is 2. The Bertz CT molecular complexity index is 1160. The first-order valence-corrected chi connectivity index (χ1v) is 9.81. The second-order valence-electron chi connectivity index (χ2n) is 7.38. The van der Waals surface area contributed by atoms with Crippen LogP contribution in [0, 0.1) is 17.0 Å². The Morgan fingerprint density at radius 1 is 1.09 bits per heavy atom. The molecule has 0 saturated carbocycles. The molecule has 1 aromatic heterocycles. The molecule has 2 amide bonds. The third-order valence-electron chi connectivity index (χ3n) is 4.82. The first-order chi connectivity index (χ1) is 15.3. The van der Waals surface area contributed by atoms with Gasteiger partial charge in [-0.2, -0.15) is 0 Å². The molecule has 0 unspecified atom stereocenters. The highest BCUT2D eigenvalue weighted by atomic mass is 16.6. The average Bonchev–Trinajstić information content (AvgIpc) is 2.78. The summed E-state index contributed by atoms with van der Waals surface area (Å²) in [4.78, 5) is 42.0. The van der Waals surface area contributed by atoms with Crippen molar-refractivity contribution in [2.75, 3.05) is 24.3 Å². The maximum absolute atomic E-state index is 12.9. The lowest BCUT2D eigenvalue weighted by molar-refractivity contribution is -0.385. The summed E-state index contributed by atoms with van der Waals surface area (Å²) in [6.45, 7) is 1.92. The van der Waals surface area contributed by atoms with Crippen molar-refractivity contribution < 1.29 is 14.5 Å². The molecule has 164 valence electrons. The van der Waals surface area contributed by atoms with Gasteiger partial charge in [-0.15, -0.1) is 0 Å². The van der Waals surface area contributed by atoms with Crippen molar-refractivity contribution in [3.63, 3.8) is 0 Å². The fourth-order valence-electron chi connectivity index (χ4n) is 3.12. The van der Waals surface area contributed by atoms with E-state index in [1.54, 1.807) is 48.5 Å². The van der Waals surface area contributed by atoms with Crippen LogP contribution in [0.2, 0.25) is 0 Å². The summed E-state index contributed by atoms with van der Waals surface area (Å²) < 4.78 is 0. The highest BCUT2D eigenvalue weighted by Crippen LogP contribution is 2.25. The molecular weight excluding hydrogens is 410 g/mol. The van der Waals surface area contributed by atoms with E-state index in [-0.39, 0.29) is 17.2 Å². The van der Waals surface area contributed by atoms with Crippen molar-refractivity contribution >= 4 is 28.9 Å². The first-order valence-electron chi connectivity index (χ1n) is 9.81. The molecule has 2 aromatic carbocycles. The number of aryl methyl sites for hydroxylation is 1. The Labute approximate surface area is 185 Å². The van der Waals surface area contributed by atoms with Crippen LogP contribution in [0.4, 0.5) is 17.1 Å². The Kier molecular flexibility index (Phi) is 6.79. The number of nitro benzene ring substituents is 1. The molecule has 0 saturated heterocycles. The van der Waals surface area contributed by atoms with Gasteiger partial charge in [-0.05, 0) is 42.8 Å². The molecule has 0 atom stereocenters. The molecule has 0 radical (unpaired) electrons. The van der Waals surface area contributed by atoms with Gasteiger partial charge in [0.15, 0.2) is 0 Å². The van der Waals surface area contributed by atoms with Gasteiger partial charge in [-0.25, -0.2) is 0 Å². The lowest BCUT2D eigenvalue weighted by Gasteiger charge is -2.18. The molecule has 9 heteroatoms. The highest BCUT2D eigenvalue weighted by Gasteiger charge is 2.17. The van der Waals surface area contributed by atoms with E-state index in [2.05, 4.69) is 15.6 Å². The summed E-state index contributed by atoms with van der Waals surface area (Å²) >= 11 is 0. The van der Waals surface area contributed by atoms with E-state index in [9.17, 15) is 19.7 Å². The molecule has 1 heterocycles. The lowest BCUT2D eigenvalue weighted by Crippen LogP contribution is -2.25. The van der Waals surface area contributed by atoms with E-state index >= 15 is 0 Å². The maximum Gasteiger partial charge on any atom is 0.273 e. The summed E-state index contributed by atoms with van der Waals surface area (Å²) in [6, 6.07) is 12.9. The van der Waals surface area contributed by atoms with E-state index in [1.807, 2.05) is 20.2 Å². The van der Waals surface area contributed by atoms with E-state index in [0.29, 0.717) is 29.0 Å². The van der Waals surface area contributed by atoms with Crippen LogP contribution in [-0.4, -0.2) is 35.8 Å². The zero-order valence-corrected chi connectivity index (χ0v) is 18.0. The van der Waals surface area contributed by atoms with Crippen LogP contribution >= 0.6 is 0 Å². The van der Waals surface area contributed by atoms with Crippen LogP contribution in [0.1, 0.15) is 31.8 Å². The Morgan fingerprint density at radius 2 is 1.88 bits per heavy atom. The summed E-state index contributed by atoms with van der Waals surface area (Å²) in [5.74, 6) is -0.813. The third kappa shape index (κ3) is 5.25. The van der Waals surface area contributed by atoms with Crippen LogP contribution in [0.5, 0.6) is 0 Å². The number of amides is 2. The number of carbonyl (C=O) groups is 2. The number of nitro groups is 1. The number of rotatable bonds is 7. The number of hydrogen-bond acceptors (Lipinski definition) is 6. The van der Waals surface area contributed by atoms with Crippen molar-refractivity contribution in [1.29, 1.82) is 0 Å². The largest absolute Gasteiger partial charge is 0.377 e. The highest BCUT2D eigenvalue weighted by molar-refractivity contribution is 6.06. The molecule has 0 fully saturated rings. The van der Waals surface area contributed by atoms with Crippen LogP contribution in [-0.2, 0) is 6.54 Å².